The number of nitrogens with one attached hydrogen (secondary N) is 1. The monoisotopic (exact) mass is 315 g/mol. The van der Waals surface area contributed by atoms with Crippen LogP contribution in [0.4, 0.5) is 0 Å². The van der Waals surface area contributed by atoms with Gasteiger partial charge in [-0.05, 0) is 32.0 Å². The number of carbonyl (C=O) groups excluding carboxylic acids is 1. The maximum absolute atomic E-state index is 12.1. The summed E-state index contributed by atoms with van der Waals surface area (Å²) in [5.74, 6) is 1.22. The third-order valence-electron chi connectivity index (χ3n) is 3.34. The molecule has 0 aliphatic rings. The highest BCUT2D eigenvalue weighted by molar-refractivity contribution is 8.00. The van der Waals surface area contributed by atoms with Crippen molar-refractivity contribution in [3.05, 3.63) is 59.7 Å². The fourth-order valence-corrected chi connectivity index (χ4v) is 2.95. The lowest BCUT2D eigenvalue weighted by atomic mass is 10.0. The second kappa shape index (κ2) is 7.90. The van der Waals surface area contributed by atoms with Gasteiger partial charge in [0, 0.05) is 10.5 Å². The van der Waals surface area contributed by atoms with Crippen molar-refractivity contribution < 1.29 is 9.53 Å². The van der Waals surface area contributed by atoms with E-state index < -0.39 is 0 Å². The summed E-state index contributed by atoms with van der Waals surface area (Å²) >= 11 is 1.54. The fraction of sp³-hybridized carbons (Fsp3) is 0.278. The zero-order valence-corrected chi connectivity index (χ0v) is 13.9. The maximum atomic E-state index is 12.1. The standard InChI is InChI=1S/C18H21NO2S/c1-13-9-10-17(21-3)16(11-13)14(2)19-18(20)12-22-15-7-5-4-6-8-15/h4-11,14H,12H2,1-3H3,(H,19,20). The number of hydrogen-bond acceptors (Lipinski definition) is 3. The highest BCUT2D eigenvalue weighted by Crippen LogP contribution is 2.26. The molecule has 0 spiro atoms. The number of hydrogen-bond donors (Lipinski definition) is 1. The molecule has 0 fully saturated rings. The number of ether oxygens (including phenoxy) is 1. The van der Waals surface area contributed by atoms with E-state index in [1.165, 1.54) is 11.8 Å². The molecule has 1 N–H and O–H groups in total. The van der Waals surface area contributed by atoms with Crippen LogP contribution in [0.25, 0.3) is 0 Å². The van der Waals surface area contributed by atoms with Gasteiger partial charge in [0.1, 0.15) is 5.75 Å². The quantitative estimate of drug-likeness (QED) is 0.820. The summed E-state index contributed by atoms with van der Waals surface area (Å²) in [5, 5.41) is 3.03. The summed E-state index contributed by atoms with van der Waals surface area (Å²) in [4.78, 5) is 13.2. The van der Waals surface area contributed by atoms with Gasteiger partial charge in [-0.3, -0.25) is 4.79 Å². The number of benzene rings is 2. The normalized spacial score (nSPS) is 11.8. The molecule has 0 radical (unpaired) electrons. The lowest BCUT2D eigenvalue weighted by molar-refractivity contribution is -0.119. The number of methoxy groups -OCH3 is 1. The van der Waals surface area contributed by atoms with Crippen LogP contribution in [0.2, 0.25) is 0 Å². The Morgan fingerprint density at radius 3 is 2.64 bits per heavy atom. The van der Waals surface area contributed by atoms with Crippen molar-refractivity contribution in [3.63, 3.8) is 0 Å². The summed E-state index contributed by atoms with van der Waals surface area (Å²) < 4.78 is 5.38. The van der Waals surface area contributed by atoms with Crippen molar-refractivity contribution in [3.8, 4) is 5.75 Å². The highest BCUT2D eigenvalue weighted by atomic mass is 32.2. The van der Waals surface area contributed by atoms with Crippen LogP contribution in [0.5, 0.6) is 5.75 Å². The lowest BCUT2D eigenvalue weighted by Gasteiger charge is -2.18. The minimum atomic E-state index is -0.0845. The van der Waals surface area contributed by atoms with Crippen LogP contribution in [-0.2, 0) is 4.79 Å². The van der Waals surface area contributed by atoms with Gasteiger partial charge < -0.3 is 10.1 Å². The van der Waals surface area contributed by atoms with Crippen molar-refractivity contribution >= 4 is 17.7 Å². The Labute approximate surface area is 136 Å². The van der Waals surface area contributed by atoms with Gasteiger partial charge in [0.2, 0.25) is 5.91 Å². The van der Waals surface area contributed by atoms with Gasteiger partial charge in [0.15, 0.2) is 0 Å². The molecule has 22 heavy (non-hydrogen) atoms. The van der Waals surface area contributed by atoms with Crippen molar-refractivity contribution in [2.45, 2.75) is 24.8 Å². The van der Waals surface area contributed by atoms with Crippen LogP contribution in [0.1, 0.15) is 24.1 Å². The molecule has 2 rings (SSSR count). The highest BCUT2D eigenvalue weighted by Gasteiger charge is 2.14. The zero-order valence-electron chi connectivity index (χ0n) is 13.1. The molecule has 0 aromatic heterocycles. The van der Waals surface area contributed by atoms with Crippen molar-refractivity contribution in [2.24, 2.45) is 0 Å². The molecule has 1 unspecified atom stereocenters. The first-order chi connectivity index (χ1) is 10.6. The number of thioether (sulfide) groups is 1. The number of rotatable bonds is 6. The van der Waals surface area contributed by atoms with Gasteiger partial charge in [-0.1, -0.05) is 35.9 Å². The number of amides is 1. The van der Waals surface area contributed by atoms with Crippen LogP contribution in [0.15, 0.2) is 53.4 Å². The molecular weight excluding hydrogens is 294 g/mol. The molecule has 0 aliphatic carbocycles. The predicted octanol–water partition coefficient (Wildman–Crippen LogP) is 3.97. The molecule has 0 saturated heterocycles. The van der Waals surface area contributed by atoms with Gasteiger partial charge in [0.05, 0.1) is 18.9 Å². The maximum Gasteiger partial charge on any atom is 0.230 e. The molecule has 2 aromatic carbocycles. The largest absolute Gasteiger partial charge is 0.496 e. The van der Waals surface area contributed by atoms with Crippen LogP contribution in [0, 0.1) is 6.92 Å². The number of aryl methyl sites for hydroxylation is 1. The molecule has 3 nitrogen and oxygen atoms in total. The van der Waals surface area contributed by atoms with E-state index in [2.05, 4.69) is 5.32 Å². The lowest BCUT2D eigenvalue weighted by Crippen LogP contribution is -2.28. The Morgan fingerprint density at radius 1 is 1.23 bits per heavy atom. The molecule has 4 heteroatoms. The van der Waals surface area contributed by atoms with Crippen LogP contribution in [-0.4, -0.2) is 18.8 Å². The second-order valence-corrected chi connectivity index (χ2v) is 6.19. The van der Waals surface area contributed by atoms with E-state index in [1.807, 2.05) is 62.4 Å². The first kappa shape index (κ1) is 16.4. The fourth-order valence-electron chi connectivity index (χ4n) is 2.22. The third-order valence-corrected chi connectivity index (χ3v) is 4.35. The molecule has 1 amide bonds. The minimum absolute atomic E-state index is 0.0184. The molecular formula is C18H21NO2S. The molecule has 116 valence electrons. The van der Waals surface area contributed by atoms with Gasteiger partial charge in [0.25, 0.3) is 0 Å². The van der Waals surface area contributed by atoms with E-state index >= 15 is 0 Å². The third kappa shape index (κ3) is 4.53. The first-order valence-electron chi connectivity index (χ1n) is 7.22. The van der Waals surface area contributed by atoms with Gasteiger partial charge >= 0.3 is 0 Å². The van der Waals surface area contributed by atoms with Crippen LogP contribution in [0.3, 0.4) is 0 Å². The van der Waals surface area contributed by atoms with Crippen molar-refractivity contribution in [1.82, 2.24) is 5.32 Å². The van der Waals surface area contributed by atoms with Gasteiger partial charge in [-0.2, -0.15) is 0 Å². The van der Waals surface area contributed by atoms with E-state index in [-0.39, 0.29) is 11.9 Å². The van der Waals surface area contributed by atoms with E-state index in [0.29, 0.717) is 5.75 Å². The summed E-state index contributed by atoms with van der Waals surface area (Å²) in [7, 11) is 1.65. The zero-order chi connectivity index (χ0) is 15.9. The summed E-state index contributed by atoms with van der Waals surface area (Å²) in [6.45, 7) is 4.01. The Bertz CT molecular complexity index is 628. The number of carbonyl (C=O) groups is 1. The summed E-state index contributed by atoms with van der Waals surface area (Å²) in [6, 6.07) is 15.8. The molecule has 0 heterocycles. The topological polar surface area (TPSA) is 38.3 Å². The predicted molar refractivity (Wildman–Crippen MR) is 91.5 cm³/mol. The Balaban J connectivity index is 1.95. The van der Waals surface area contributed by atoms with Gasteiger partial charge in [-0.25, -0.2) is 0 Å². The SMILES string of the molecule is COc1ccc(C)cc1C(C)NC(=O)CSc1ccccc1. The van der Waals surface area contributed by atoms with E-state index in [0.717, 1.165) is 21.8 Å². The Morgan fingerprint density at radius 2 is 1.95 bits per heavy atom. The van der Waals surface area contributed by atoms with E-state index in [4.69, 9.17) is 4.74 Å². The Kier molecular flexibility index (Phi) is 5.90. The average Bonchev–Trinajstić information content (AvgIpc) is 2.54. The molecule has 1 atom stereocenters. The minimum Gasteiger partial charge on any atom is -0.496 e. The van der Waals surface area contributed by atoms with E-state index in [1.54, 1.807) is 7.11 Å². The van der Waals surface area contributed by atoms with Crippen LogP contribution >= 0.6 is 11.8 Å². The molecule has 2 aromatic rings. The average molecular weight is 315 g/mol. The van der Waals surface area contributed by atoms with Gasteiger partial charge in [-0.15, -0.1) is 11.8 Å². The molecule has 0 bridgehead atoms. The van der Waals surface area contributed by atoms with Crippen molar-refractivity contribution in [2.75, 3.05) is 12.9 Å². The smallest absolute Gasteiger partial charge is 0.230 e. The summed E-state index contributed by atoms with van der Waals surface area (Å²) in [6.07, 6.45) is 0. The van der Waals surface area contributed by atoms with Crippen LogP contribution < -0.4 is 10.1 Å². The molecule has 0 saturated carbocycles. The van der Waals surface area contributed by atoms with Crippen molar-refractivity contribution in [1.29, 1.82) is 0 Å². The summed E-state index contributed by atoms with van der Waals surface area (Å²) in [5.41, 5.74) is 2.15. The second-order valence-electron chi connectivity index (χ2n) is 5.14. The Hall–Kier alpha value is -1.94. The van der Waals surface area contributed by atoms with E-state index in [9.17, 15) is 4.79 Å². The molecule has 0 aliphatic heterocycles. The first-order valence-corrected chi connectivity index (χ1v) is 8.20.